The predicted molar refractivity (Wildman–Crippen MR) is 121 cm³/mol. The van der Waals surface area contributed by atoms with Crippen LogP contribution in [-0.2, 0) is 22.0 Å². The number of nitrogens with zero attached hydrogens (tertiary/aromatic N) is 5. The highest BCUT2D eigenvalue weighted by Crippen LogP contribution is 2.44. The third-order valence-corrected chi connectivity index (χ3v) is 6.92. The lowest BCUT2D eigenvalue weighted by molar-refractivity contribution is 0.521. The molecule has 33 heavy (non-hydrogen) atoms. The second-order valence-electron chi connectivity index (χ2n) is 8.77. The molecule has 0 spiro atoms. The van der Waals surface area contributed by atoms with Crippen LogP contribution in [0.3, 0.4) is 0 Å². The van der Waals surface area contributed by atoms with Gasteiger partial charge in [0.2, 0.25) is 0 Å². The number of hydrogen-bond acceptors (Lipinski definition) is 6. The molecular formula is C22H22F2N6O2S. The van der Waals surface area contributed by atoms with Gasteiger partial charge in [-0.15, -0.1) is 10.2 Å². The Hall–Kier alpha value is -3.34. The van der Waals surface area contributed by atoms with Crippen molar-refractivity contribution in [2.75, 3.05) is 11.6 Å². The molecule has 1 aliphatic rings. The summed E-state index contributed by atoms with van der Waals surface area (Å²) in [5.74, 6) is 0.141. The topological polar surface area (TPSA) is 94.7 Å². The molecule has 5 rings (SSSR count). The van der Waals surface area contributed by atoms with E-state index in [1.165, 1.54) is 18.3 Å². The van der Waals surface area contributed by atoms with Crippen LogP contribution in [0.1, 0.15) is 38.0 Å². The number of anilines is 1. The average molecular weight is 473 g/mol. The van der Waals surface area contributed by atoms with Crippen LogP contribution in [0.4, 0.5) is 14.5 Å². The molecule has 0 aliphatic carbocycles. The van der Waals surface area contributed by atoms with E-state index >= 15 is 4.39 Å². The molecule has 8 nitrogen and oxygen atoms in total. The molecule has 0 fully saturated rings. The predicted octanol–water partition coefficient (Wildman–Crippen LogP) is 3.90. The van der Waals surface area contributed by atoms with Gasteiger partial charge in [0, 0.05) is 17.9 Å². The second kappa shape index (κ2) is 6.83. The zero-order chi connectivity index (χ0) is 23.9. The number of aryl methyl sites for hydroxylation is 1. The van der Waals surface area contributed by atoms with E-state index in [1.807, 2.05) is 32.3 Å². The number of nitrogens with one attached hydrogen (secondary N) is 1. The van der Waals surface area contributed by atoms with Gasteiger partial charge in [-0.1, -0.05) is 6.92 Å². The molecule has 2 aromatic heterocycles. The lowest BCUT2D eigenvalue weighted by Crippen LogP contribution is -2.37. The molecule has 11 heteroatoms. The van der Waals surface area contributed by atoms with Crippen molar-refractivity contribution >= 4 is 26.6 Å². The normalized spacial score (nSPS) is 14.8. The summed E-state index contributed by atoms with van der Waals surface area (Å²) < 4.78 is 57.0. The van der Waals surface area contributed by atoms with Crippen molar-refractivity contribution in [3.05, 3.63) is 53.2 Å². The summed E-state index contributed by atoms with van der Waals surface area (Å²) in [5, 5.41) is 16.2. The fourth-order valence-electron chi connectivity index (χ4n) is 4.52. The summed E-state index contributed by atoms with van der Waals surface area (Å²) in [4.78, 5) is 0. The fourth-order valence-corrected chi connectivity index (χ4v) is 5.25. The quantitative estimate of drug-likeness (QED) is 0.486. The molecule has 0 radical (unpaired) electrons. The fraction of sp³-hybridized carbons (Fsp3) is 0.318. The van der Waals surface area contributed by atoms with E-state index in [4.69, 9.17) is 0 Å². The van der Waals surface area contributed by atoms with Gasteiger partial charge < -0.3 is 5.32 Å². The smallest absolute Gasteiger partial charge is 0.251 e. The molecule has 1 N–H and O–H groups in total. The van der Waals surface area contributed by atoms with Crippen LogP contribution in [0.25, 0.3) is 27.7 Å². The molecule has 2 aromatic carbocycles. The maximum absolute atomic E-state index is 15.5. The molecule has 0 amide bonds. The number of halogens is 2. The van der Waals surface area contributed by atoms with E-state index in [1.54, 1.807) is 0 Å². The van der Waals surface area contributed by atoms with Gasteiger partial charge in [-0.2, -0.15) is 9.19 Å². The van der Waals surface area contributed by atoms with Crippen LogP contribution in [0.2, 0.25) is 0 Å². The van der Waals surface area contributed by atoms with Gasteiger partial charge in [0.1, 0.15) is 17.5 Å². The van der Waals surface area contributed by atoms with Gasteiger partial charge in [0.25, 0.3) is 10.0 Å². The number of benzene rings is 2. The zero-order valence-corrected chi connectivity index (χ0v) is 19.5. The summed E-state index contributed by atoms with van der Waals surface area (Å²) in [6.07, 6.45) is 2.92. The first-order chi connectivity index (χ1) is 15.4. The van der Waals surface area contributed by atoms with Crippen LogP contribution >= 0.6 is 0 Å². The van der Waals surface area contributed by atoms with Crippen molar-refractivity contribution in [3.63, 3.8) is 0 Å². The Morgan fingerprint density at radius 1 is 1.12 bits per heavy atom. The minimum Gasteiger partial charge on any atom is -0.369 e. The molecule has 3 heterocycles. The van der Waals surface area contributed by atoms with Crippen molar-refractivity contribution in [2.24, 2.45) is 0 Å². The molecule has 172 valence electrons. The zero-order valence-electron chi connectivity index (χ0n) is 18.7. The van der Waals surface area contributed by atoms with Crippen LogP contribution in [0.5, 0.6) is 0 Å². The summed E-state index contributed by atoms with van der Waals surface area (Å²) in [7, 11) is -3.75. The Kier molecular flexibility index (Phi) is 4.45. The lowest BCUT2D eigenvalue weighted by Gasteiger charge is -2.35. The molecule has 0 atom stereocenters. The van der Waals surface area contributed by atoms with E-state index < -0.39 is 27.2 Å². The highest BCUT2D eigenvalue weighted by atomic mass is 32.2. The Morgan fingerprint density at radius 3 is 2.52 bits per heavy atom. The van der Waals surface area contributed by atoms with Crippen LogP contribution in [-0.4, -0.2) is 38.6 Å². The Balaban J connectivity index is 1.86. The summed E-state index contributed by atoms with van der Waals surface area (Å²) >= 11 is 0. The van der Waals surface area contributed by atoms with Crippen molar-refractivity contribution in [1.29, 1.82) is 0 Å². The largest absolute Gasteiger partial charge is 0.369 e. The first-order valence-electron chi connectivity index (χ1n) is 10.4. The first-order valence-corrected chi connectivity index (χ1v) is 12.2. The standard InChI is InChI=1S/C22H22F2N6O2S/c1-6-18-27-28-21-22(3,4)26-19-16(24)9-13(11(2)20(19)29(18)21)14-7-12(23)8-17-15(14)10-25-30(17)33(5,31)32/h7-10,26H,6H2,1-5H3. The van der Waals surface area contributed by atoms with E-state index in [0.717, 1.165) is 16.4 Å². The van der Waals surface area contributed by atoms with Gasteiger partial charge in [-0.3, -0.25) is 4.57 Å². The highest BCUT2D eigenvalue weighted by Gasteiger charge is 2.37. The van der Waals surface area contributed by atoms with Crippen LogP contribution in [0.15, 0.2) is 24.4 Å². The molecule has 0 saturated heterocycles. The molecule has 0 saturated carbocycles. The summed E-state index contributed by atoms with van der Waals surface area (Å²) in [6, 6.07) is 3.71. The Morgan fingerprint density at radius 2 is 1.85 bits per heavy atom. The third-order valence-electron chi connectivity index (χ3n) is 6.00. The average Bonchev–Trinajstić information content (AvgIpc) is 3.34. The summed E-state index contributed by atoms with van der Waals surface area (Å²) in [6.45, 7) is 7.55. The maximum atomic E-state index is 15.5. The number of aromatic nitrogens is 5. The molecule has 0 bridgehead atoms. The first kappa shape index (κ1) is 21.5. The Labute approximate surface area is 189 Å². The van der Waals surface area contributed by atoms with E-state index in [-0.39, 0.29) is 5.52 Å². The van der Waals surface area contributed by atoms with Crippen molar-refractivity contribution in [1.82, 2.24) is 24.0 Å². The van der Waals surface area contributed by atoms with Crippen molar-refractivity contribution in [2.45, 2.75) is 39.7 Å². The van der Waals surface area contributed by atoms with Gasteiger partial charge in [-0.25, -0.2) is 17.2 Å². The molecular weight excluding hydrogens is 450 g/mol. The second-order valence-corrected chi connectivity index (χ2v) is 10.6. The van der Waals surface area contributed by atoms with Gasteiger partial charge in [0.15, 0.2) is 5.82 Å². The van der Waals surface area contributed by atoms with Crippen molar-refractivity contribution in [3.8, 4) is 16.8 Å². The van der Waals surface area contributed by atoms with E-state index in [9.17, 15) is 12.8 Å². The maximum Gasteiger partial charge on any atom is 0.251 e. The minimum absolute atomic E-state index is 0.0866. The van der Waals surface area contributed by atoms with Crippen molar-refractivity contribution < 1.29 is 17.2 Å². The number of rotatable bonds is 3. The molecule has 0 unspecified atom stereocenters. The van der Waals surface area contributed by atoms with Gasteiger partial charge in [-0.05, 0) is 49.6 Å². The SMILES string of the molecule is CCc1nnc2n1-c1c(C)c(-c3cc(F)cc4c3cnn4S(C)(=O)=O)cc(F)c1NC2(C)C. The molecule has 1 aliphatic heterocycles. The number of fused-ring (bicyclic) bond motifs is 4. The van der Waals surface area contributed by atoms with E-state index in [2.05, 4.69) is 20.6 Å². The van der Waals surface area contributed by atoms with Gasteiger partial charge in [0.05, 0.1) is 34.9 Å². The third kappa shape index (κ3) is 3.05. The Bertz CT molecular complexity index is 1570. The van der Waals surface area contributed by atoms with E-state index in [0.29, 0.717) is 51.5 Å². The van der Waals surface area contributed by atoms with Crippen LogP contribution in [0, 0.1) is 18.6 Å². The summed E-state index contributed by atoms with van der Waals surface area (Å²) in [5.41, 5.74) is 1.72. The minimum atomic E-state index is -3.75. The van der Waals surface area contributed by atoms with Crippen LogP contribution < -0.4 is 5.32 Å². The lowest BCUT2D eigenvalue weighted by atomic mass is 9.92. The highest BCUT2D eigenvalue weighted by molar-refractivity contribution is 7.89. The monoisotopic (exact) mass is 472 g/mol. The molecule has 4 aromatic rings. The van der Waals surface area contributed by atoms with Gasteiger partial charge >= 0.3 is 0 Å². The number of hydrogen-bond donors (Lipinski definition) is 1.